The van der Waals surface area contributed by atoms with Gasteiger partial charge in [0.25, 0.3) is 0 Å². The molecule has 5 nitrogen and oxygen atoms in total. The zero-order valence-corrected chi connectivity index (χ0v) is 17.1. The van der Waals surface area contributed by atoms with E-state index in [9.17, 15) is 20.1 Å². The zero-order chi connectivity index (χ0) is 20.9. The Bertz CT molecular complexity index is 1010. The highest BCUT2D eigenvalue weighted by Gasteiger charge is 2.42. The van der Waals surface area contributed by atoms with E-state index in [1.807, 2.05) is 6.92 Å². The van der Waals surface area contributed by atoms with Crippen molar-refractivity contribution in [3.8, 4) is 23.0 Å². The van der Waals surface area contributed by atoms with Crippen LogP contribution in [0.1, 0.15) is 45.5 Å². The quantitative estimate of drug-likeness (QED) is 0.470. The number of benzene rings is 2. The van der Waals surface area contributed by atoms with Crippen LogP contribution in [0.3, 0.4) is 0 Å². The lowest BCUT2D eigenvalue weighted by molar-refractivity contribution is 0.111. The van der Waals surface area contributed by atoms with E-state index in [2.05, 4.69) is 6.58 Å². The molecule has 0 heterocycles. The van der Waals surface area contributed by atoms with Gasteiger partial charge < -0.3 is 20.1 Å². The molecule has 0 fully saturated rings. The van der Waals surface area contributed by atoms with Gasteiger partial charge in [-0.15, -0.1) is 0 Å². The Balaban J connectivity index is 2.47. The number of hydrogen-bond acceptors (Lipinski definition) is 5. The summed E-state index contributed by atoms with van der Waals surface area (Å²) in [6, 6.07) is 1.15. The molecule has 0 bridgehead atoms. The first-order chi connectivity index (χ1) is 13.1. The van der Waals surface area contributed by atoms with Crippen molar-refractivity contribution in [3.63, 3.8) is 0 Å². The minimum atomic E-state index is -0.642. The molecule has 3 N–H and O–H groups in total. The largest absolute Gasteiger partial charge is 0.508 e. The third-order valence-corrected chi connectivity index (χ3v) is 6.36. The summed E-state index contributed by atoms with van der Waals surface area (Å²) in [5, 5.41) is 31.8. The maximum atomic E-state index is 11.8. The number of phenolic OH excluding ortho intramolecular Hbond substituents is 3. The Morgan fingerprint density at radius 3 is 2.39 bits per heavy atom. The number of hydrogen-bond donors (Lipinski definition) is 3. The van der Waals surface area contributed by atoms with Gasteiger partial charge in [-0.3, -0.25) is 4.79 Å². The van der Waals surface area contributed by atoms with Gasteiger partial charge in [0.05, 0.1) is 22.7 Å². The lowest BCUT2D eigenvalue weighted by Gasteiger charge is -2.27. The van der Waals surface area contributed by atoms with Crippen molar-refractivity contribution in [1.29, 1.82) is 0 Å². The van der Waals surface area contributed by atoms with Crippen molar-refractivity contribution < 1.29 is 24.9 Å². The molecule has 2 aromatic carbocycles. The van der Waals surface area contributed by atoms with Gasteiger partial charge in [-0.05, 0) is 42.9 Å². The second kappa shape index (κ2) is 7.22. The molecule has 1 aliphatic carbocycles. The fourth-order valence-corrected chi connectivity index (χ4v) is 4.56. The lowest BCUT2D eigenvalue weighted by Crippen LogP contribution is -2.14. The third kappa shape index (κ3) is 2.81. The first-order valence-electron chi connectivity index (χ1n) is 8.58. The molecule has 1 aliphatic rings. The Hall–Kier alpha value is -2.37. The van der Waals surface area contributed by atoms with E-state index in [0.717, 1.165) is 11.6 Å². The van der Waals surface area contributed by atoms with Crippen LogP contribution < -0.4 is 4.74 Å². The molecule has 0 spiro atoms. The summed E-state index contributed by atoms with van der Waals surface area (Å²) in [4.78, 5) is 11.8. The predicted molar refractivity (Wildman–Crippen MR) is 108 cm³/mol. The molecule has 148 valence electrons. The highest BCUT2D eigenvalue weighted by Crippen LogP contribution is 2.57. The second-order valence-corrected chi connectivity index (χ2v) is 7.78. The standard InChI is InChI=1S/C21H20Cl2O5/c1-8(2)10-5-11-13(25)6-14(26)12(7-24)15(11)16(10)17-20(27)18(22)9(3)19(23)21(17)28-4/h6-7,10,16,25-27H,1,5H2,2-4H3. The van der Waals surface area contributed by atoms with Gasteiger partial charge in [-0.1, -0.05) is 35.4 Å². The average Bonchev–Trinajstić information content (AvgIpc) is 3.04. The summed E-state index contributed by atoms with van der Waals surface area (Å²) in [6.45, 7) is 7.51. The van der Waals surface area contributed by atoms with Crippen LogP contribution in [0.25, 0.3) is 0 Å². The fourth-order valence-electron chi connectivity index (χ4n) is 4.05. The number of rotatable bonds is 4. The van der Waals surface area contributed by atoms with Crippen LogP contribution in [0.5, 0.6) is 23.0 Å². The van der Waals surface area contributed by atoms with E-state index < -0.39 is 5.92 Å². The van der Waals surface area contributed by atoms with Crippen LogP contribution >= 0.6 is 23.2 Å². The van der Waals surface area contributed by atoms with E-state index >= 15 is 0 Å². The van der Waals surface area contributed by atoms with E-state index in [-0.39, 0.29) is 44.5 Å². The van der Waals surface area contributed by atoms with Crippen LogP contribution in [0.4, 0.5) is 0 Å². The molecule has 0 aliphatic heterocycles. The molecule has 2 atom stereocenters. The SMILES string of the molecule is C=C(C)C1Cc2c(O)cc(O)c(C=O)c2C1c1c(O)c(Cl)c(C)c(Cl)c1OC. The molecule has 2 aromatic rings. The summed E-state index contributed by atoms with van der Waals surface area (Å²) < 4.78 is 5.49. The van der Waals surface area contributed by atoms with Crippen molar-refractivity contribution in [2.45, 2.75) is 26.2 Å². The van der Waals surface area contributed by atoms with Crippen LogP contribution in [0.2, 0.25) is 10.0 Å². The summed E-state index contributed by atoms with van der Waals surface area (Å²) in [6.07, 6.45) is 0.899. The molecule has 0 radical (unpaired) electrons. The summed E-state index contributed by atoms with van der Waals surface area (Å²) in [5.74, 6) is -1.39. The molecule has 7 heteroatoms. The monoisotopic (exact) mass is 422 g/mol. The molecule has 0 saturated carbocycles. The predicted octanol–water partition coefficient (Wildman–Crippen LogP) is 5.12. The van der Waals surface area contributed by atoms with E-state index in [1.54, 1.807) is 6.92 Å². The second-order valence-electron chi connectivity index (χ2n) is 7.02. The fraction of sp³-hybridized carbons (Fsp3) is 0.286. The normalized spacial score (nSPS) is 18.0. The highest BCUT2D eigenvalue weighted by atomic mass is 35.5. The Morgan fingerprint density at radius 2 is 1.86 bits per heavy atom. The first kappa shape index (κ1) is 20.4. The Labute approximate surface area is 172 Å². The maximum absolute atomic E-state index is 11.8. The van der Waals surface area contributed by atoms with Crippen LogP contribution in [-0.2, 0) is 6.42 Å². The highest BCUT2D eigenvalue weighted by molar-refractivity contribution is 6.38. The van der Waals surface area contributed by atoms with Gasteiger partial charge in [0.1, 0.15) is 23.0 Å². The molecular formula is C21H20Cl2O5. The van der Waals surface area contributed by atoms with Crippen LogP contribution in [-0.4, -0.2) is 28.7 Å². The van der Waals surface area contributed by atoms with Crippen molar-refractivity contribution in [2.24, 2.45) is 5.92 Å². The van der Waals surface area contributed by atoms with Crippen LogP contribution in [0, 0.1) is 12.8 Å². The number of methoxy groups -OCH3 is 1. The molecule has 2 unspecified atom stereocenters. The number of carbonyl (C=O) groups is 1. The first-order valence-corrected chi connectivity index (χ1v) is 9.33. The molecular weight excluding hydrogens is 403 g/mol. The number of carbonyl (C=O) groups excluding carboxylic acids is 1. The number of aromatic hydroxyl groups is 3. The van der Waals surface area contributed by atoms with Gasteiger partial charge in [0.2, 0.25) is 0 Å². The zero-order valence-electron chi connectivity index (χ0n) is 15.6. The third-order valence-electron chi connectivity index (χ3n) is 5.44. The number of ether oxygens (including phenoxy) is 1. The van der Waals surface area contributed by atoms with Crippen molar-refractivity contribution in [1.82, 2.24) is 0 Å². The van der Waals surface area contributed by atoms with Crippen molar-refractivity contribution in [3.05, 3.63) is 56.1 Å². The number of phenols is 3. The smallest absolute Gasteiger partial charge is 0.154 e. The minimum Gasteiger partial charge on any atom is -0.508 e. The molecule has 0 aromatic heterocycles. The minimum absolute atomic E-state index is 0.0378. The summed E-state index contributed by atoms with van der Waals surface area (Å²) in [7, 11) is 1.42. The average molecular weight is 423 g/mol. The van der Waals surface area contributed by atoms with E-state index in [1.165, 1.54) is 7.11 Å². The van der Waals surface area contributed by atoms with Gasteiger partial charge in [0, 0.05) is 17.5 Å². The van der Waals surface area contributed by atoms with Gasteiger partial charge in [-0.25, -0.2) is 0 Å². The molecule has 0 saturated heterocycles. The molecule has 0 amide bonds. The van der Waals surface area contributed by atoms with Gasteiger partial charge in [0.15, 0.2) is 6.29 Å². The Kier molecular flexibility index (Phi) is 5.26. The van der Waals surface area contributed by atoms with E-state index in [4.69, 9.17) is 27.9 Å². The van der Waals surface area contributed by atoms with Crippen molar-refractivity contribution >= 4 is 29.5 Å². The topological polar surface area (TPSA) is 87.0 Å². The van der Waals surface area contributed by atoms with E-state index in [0.29, 0.717) is 35.0 Å². The molecule has 28 heavy (non-hydrogen) atoms. The number of allylic oxidation sites excluding steroid dienone is 1. The summed E-state index contributed by atoms with van der Waals surface area (Å²) >= 11 is 12.7. The summed E-state index contributed by atoms with van der Waals surface area (Å²) in [5.41, 5.74) is 2.48. The maximum Gasteiger partial charge on any atom is 0.154 e. The Morgan fingerprint density at radius 1 is 1.21 bits per heavy atom. The number of halogens is 2. The van der Waals surface area contributed by atoms with Gasteiger partial charge >= 0.3 is 0 Å². The molecule has 3 rings (SSSR count). The van der Waals surface area contributed by atoms with Crippen LogP contribution in [0.15, 0.2) is 18.2 Å². The number of fused-ring (bicyclic) bond motifs is 1. The lowest BCUT2D eigenvalue weighted by atomic mass is 9.80. The van der Waals surface area contributed by atoms with Crippen molar-refractivity contribution in [2.75, 3.05) is 7.11 Å². The van der Waals surface area contributed by atoms with Gasteiger partial charge in [-0.2, -0.15) is 0 Å². The number of aldehydes is 1.